The first kappa shape index (κ1) is 25.3. The Morgan fingerprint density at radius 1 is 1.15 bits per heavy atom. The molecule has 0 bridgehead atoms. The first-order valence-electron chi connectivity index (χ1n) is 11.2. The van der Waals surface area contributed by atoms with Crippen molar-refractivity contribution >= 4 is 17.7 Å². The van der Waals surface area contributed by atoms with Gasteiger partial charge >= 0.3 is 0 Å². The molecule has 0 radical (unpaired) electrons. The minimum atomic E-state index is -0.927. The Kier molecular flexibility index (Phi) is 8.00. The molecule has 0 spiro atoms. The highest BCUT2D eigenvalue weighted by Gasteiger charge is 2.30. The van der Waals surface area contributed by atoms with Crippen molar-refractivity contribution in [2.24, 2.45) is 5.92 Å². The second-order valence-electron chi connectivity index (χ2n) is 8.89. The highest BCUT2D eigenvalue weighted by molar-refractivity contribution is 7.99. The lowest BCUT2D eigenvalue weighted by Crippen LogP contribution is -2.49. The van der Waals surface area contributed by atoms with Crippen molar-refractivity contribution in [1.29, 1.82) is 5.26 Å². The average Bonchev–Trinajstić information content (AvgIpc) is 3.26. The zero-order valence-electron chi connectivity index (χ0n) is 20.5. The quantitative estimate of drug-likeness (QED) is 0.425. The smallest absolute Gasteiger partial charge is 0.231 e. The molecule has 8 heteroatoms. The topological polar surface area (TPSA) is 92.8 Å². The lowest BCUT2D eigenvalue weighted by molar-refractivity contribution is -0.120. The van der Waals surface area contributed by atoms with Crippen molar-refractivity contribution < 1.29 is 9.53 Å². The molecule has 1 amide bonds. The summed E-state index contributed by atoms with van der Waals surface area (Å²) in [7, 11) is 1.63. The first-order valence-corrected chi connectivity index (χ1v) is 12.2. The molecule has 0 fully saturated rings. The fourth-order valence-electron chi connectivity index (χ4n) is 3.44. The number of hydrogen-bond donors (Lipinski definition) is 1. The minimum Gasteiger partial charge on any atom is -0.497 e. The average molecular weight is 478 g/mol. The molecule has 1 N–H and O–H groups in total. The largest absolute Gasteiger partial charge is 0.497 e. The molecule has 2 aromatic carbocycles. The summed E-state index contributed by atoms with van der Waals surface area (Å²) >= 11 is 1.30. The normalized spacial score (nSPS) is 12.9. The van der Waals surface area contributed by atoms with Crippen LogP contribution in [-0.2, 0) is 4.79 Å². The molecule has 3 rings (SSSR count). The van der Waals surface area contributed by atoms with Crippen LogP contribution < -0.4 is 10.1 Å². The lowest BCUT2D eigenvalue weighted by atomic mass is 9.90. The summed E-state index contributed by atoms with van der Waals surface area (Å²) in [6.07, 6.45) is 0. The van der Waals surface area contributed by atoms with Crippen molar-refractivity contribution in [3.63, 3.8) is 0 Å². The van der Waals surface area contributed by atoms with Gasteiger partial charge in [-0.05, 0) is 54.7 Å². The Morgan fingerprint density at radius 3 is 2.41 bits per heavy atom. The van der Waals surface area contributed by atoms with Gasteiger partial charge in [-0.1, -0.05) is 57.7 Å². The van der Waals surface area contributed by atoms with Crippen molar-refractivity contribution in [2.45, 2.75) is 51.2 Å². The number of methoxy groups -OCH3 is 1. The summed E-state index contributed by atoms with van der Waals surface area (Å²) in [4.78, 5) is 12.7. The Hall–Kier alpha value is -3.31. The van der Waals surface area contributed by atoms with Crippen molar-refractivity contribution in [2.75, 3.05) is 12.9 Å². The van der Waals surface area contributed by atoms with Crippen molar-refractivity contribution in [3.8, 4) is 28.9 Å². The number of benzene rings is 2. The summed E-state index contributed by atoms with van der Waals surface area (Å²) in [6.45, 7) is 9.86. The van der Waals surface area contributed by atoms with E-state index < -0.39 is 5.54 Å². The number of carbonyl (C=O) groups is 1. The molecular weight excluding hydrogens is 446 g/mol. The number of rotatable bonds is 9. The van der Waals surface area contributed by atoms with Gasteiger partial charge in [-0.2, -0.15) is 5.26 Å². The summed E-state index contributed by atoms with van der Waals surface area (Å²) in [5, 5.41) is 21.9. The van der Waals surface area contributed by atoms with Crippen LogP contribution in [0.1, 0.15) is 46.1 Å². The van der Waals surface area contributed by atoms with E-state index in [1.54, 1.807) is 14.0 Å². The Morgan fingerprint density at radius 2 is 1.82 bits per heavy atom. The number of hydrogen-bond acceptors (Lipinski definition) is 6. The number of thioether (sulfide) groups is 1. The predicted octanol–water partition coefficient (Wildman–Crippen LogP) is 5.21. The number of nitrogens with one attached hydrogen (secondary N) is 1. The van der Waals surface area contributed by atoms with E-state index in [0.29, 0.717) is 11.0 Å². The van der Waals surface area contributed by atoms with E-state index in [1.165, 1.54) is 11.8 Å². The molecule has 0 aliphatic heterocycles. The van der Waals surface area contributed by atoms with E-state index in [9.17, 15) is 10.1 Å². The van der Waals surface area contributed by atoms with Gasteiger partial charge in [0.1, 0.15) is 11.3 Å². The van der Waals surface area contributed by atoms with Gasteiger partial charge < -0.3 is 10.1 Å². The second kappa shape index (κ2) is 10.7. The maximum absolute atomic E-state index is 12.7. The van der Waals surface area contributed by atoms with Crippen LogP contribution in [0.25, 0.3) is 17.1 Å². The molecule has 1 heterocycles. The molecular formula is C26H31N5O2S. The molecule has 0 aliphatic rings. The lowest BCUT2D eigenvalue weighted by Gasteiger charge is -2.27. The summed E-state index contributed by atoms with van der Waals surface area (Å²) in [5.41, 5.74) is 2.09. The van der Waals surface area contributed by atoms with Crippen molar-refractivity contribution in [1.82, 2.24) is 20.1 Å². The number of aromatic nitrogens is 3. The number of nitrogens with zero attached hydrogens (tertiary/aromatic N) is 4. The molecule has 0 aliphatic carbocycles. The van der Waals surface area contributed by atoms with Crippen LogP contribution in [0.5, 0.6) is 5.75 Å². The molecule has 0 saturated carbocycles. The minimum absolute atomic E-state index is 0.0188. The van der Waals surface area contributed by atoms with Gasteiger partial charge in [0.25, 0.3) is 0 Å². The maximum Gasteiger partial charge on any atom is 0.231 e. The number of carbonyl (C=O) groups excluding carboxylic acids is 1. The summed E-state index contributed by atoms with van der Waals surface area (Å²) in [6, 6.07) is 18.0. The fraction of sp³-hybridized carbons (Fsp3) is 0.385. The third-order valence-electron chi connectivity index (χ3n) is 5.90. The van der Waals surface area contributed by atoms with Crippen LogP contribution >= 0.6 is 11.8 Å². The number of amides is 1. The molecule has 0 saturated heterocycles. The Bertz CT molecular complexity index is 1180. The van der Waals surface area contributed by atoms with Gasteiger partial charge in [-0.15, -0.1) is 10.2 Å². The van der Waals surface area contributed by atoms with E-state index in [1.807, 2.05) is 60.9 Å². The number of nitriles is 1. The number of para-hydroxylation sites is 1. The maximum atomic E-state index is 12.7. The van der Waals surface area contributed by atoms with Gasteiger partial charge in [0.05, 0.1) is 24.6 Å². The number of ether oxygens (including phenoxy) is 1. The monoisotopic (exact) mass is 477 g/mol. The van der Waals surface area contributed by atoms with E-state index >= 15 is 0 Å². The van der Waals surface area contributed by atoms with Gasteiger partial charge in [-0.25, -0.2) is 0 Å². The van der Waals surface area contributed by atoms with E-state index in [-0.39, 0.29) is 23.5 Å². The van der Waals surface area contributed by atoms with E-state index in [0.717, 1.165) is 22.6 Å². The Balaban J connectivity index is 1.99. The van der Waals surface area contributed by atoms with Crippen LogP contribution in [0.3, 0.4) is 0 Å². The van der Waals surface area contributed by atoms with Gasteiger partial charge in [0, 0.05) is 5.56 Å². The van der Waals surface area contributed by atoms with Crippen LogP contribution in [0.2, 0.25) is 0 Å². The third-order valence-corrected chi connectivity index (χ3v) is 6.83. The second-order valence-corrected chi connectivity index (χ2v) is 9.83. The van der Waals surface area contributed by atoms with E-state index in [2.05, 4.69) is 41.5 Å². The SMILES string of the molecule is COc1ccc(-c2nnc(SCC(=O)N[C@@](C)(C#N)C(C)C)n2-c2ccccc2C(C)C)cc1. The van der Waals surface area contributed by atoms with Crippen LogP contribution in [-0.4, -0.2) is 39.1 Å². The Labute approximate surface area is 205 Å². The molecule has 0 unspecified atom stereocenters. The fourth-order valence-corrected chi connectivity index (χ4v) is 4.19. The van der Waals surface area contributed by atoms with Crippen LogP contribution in [0, 0.1) is 17.2 Å². The molecule has 34 heavy (non-hydrogen) atoms. The molecule has 3 aromatic rings. The third kappa shape index (κ3) is 5.42. The molecule has 1 aromatic heterocycles. The highest BCUT2D eigenvalue weighted by atomic mass is 32.2. The summed E-state index contributed by atoms with van der Waals surface area (Å²) in [5.74, 6) is 1.60. The van der Waals surface area contributed by atoms with Crippen molar-refractivity contribution in [3.05, 3.63) is 54.1 Å². The van der Waals surface area contributed by atoms with Crippen LogP contribution in [0.15, 0.2) is 53.7 Å². The zero-order valence-corrected chi connectivity index (χ0v) is 21.3. The van der Waals surface area contributed by atoms with E-state index in [4.69, 9.17) is 4.74 Å². The predicted molar refractivity (Wildman–Crippen MR) is 135 cm³/mol. The van der Waals surface area contributed by atoms with Gasteiger partial charge in [0.15, 0.2) is 11.0 Å². The first-order chi connectivity index (χ1) is 16.2. The van der Waals surface area contributed by atoms with Crippen LogP contribution in [0.4, 0.5) is 0 Å². The molecule has 7 nitrogen and oxygen atoms in total. The van der Waals surface area contributed by atoms with Gasteiger partial charge in [0.2, 0.25) is 5.91 Å². The van der Waals surface area contributed by atoms with Gasteiger partial charge in [-0.3, -0.25) is 9.36 Å². The standard InChI is InChI=1S/C26H31N5O2S/c1-17(2)21-9-7-8-10-22(21)31-24(19-11-13-20(33-6)14-12-19)29-30-25(31)34-15-23(32)28-26(5,16-27)18(3)4/h7-14,17-18H,15H2,1-6H3,(H,28,32)/t26-/m0/s1. The molecule has 1 atom stereocenters. The zero-order chi connectivity index (χ0) is 24.9. The highest BCUT2D eigenvalue weighted by Crippen LogP contribution is 2.32. The summed E-state index contributed by atoms with van der Waals surface area (Å²) < 4.78 is 7.29. The molecule has 178 valence electrons.